The lowest BCUT2D eigenvalue weighted by Gasteiger charge is -2.46. The number of amides is 1. The van der Waals surface area contributed by atoms with Crippen molar-refractivity contribution in [3.05, 3.63) is 35.9 Å². The first-order valence-electron chi connectivity index (χ1n) is 6.80. The highest BCUT2D eigenvalue weighted by molar-refractivity contribution is 5.78. The quantitative estimate of drug-likeness (QED) is 0.824. The molecule has 1 aromatic rings. The van der Waals surface area contributed by atoms with Crippen LogP contribution in [0.1, 0.15) is 43.7 Å². The molecule has 2 saturated heterocycles. The van der Waals surface area contributed by atoms with Crippen LogP contribution in [0.3, 0.4) is 0 Å². The van der Waals surface area contributed by atoms with Crippen molar-refractivity contribution in [3.8, 4) is 0 Å². The van der Waals surface area contributed by atoms with E-state index in [4.69, 9.17) is 0 Å². The van der Waals surface area contributed by atoms with Crippen molar-refractivity contribution >= 4 is 5.91 Å². The Morgan fingerprint density at radius 3 is 2.72 bits per heavy atom. The average molecular weight is 245 g/mol. The number of hydrogen-bond donors (Lipinski definition) is 1. The summed E-state index contributed by atoms with van der Waals surface area (Å²) in [4.78, 5) is 14.2. The molecule has 0 spiro atoms. The van der Waals surface area contributed by atoms with E-state index in [9.17, 15) is 9.90 Å². The van der Waals surface area contributed by atoms with Crippen molar-refractivity contribution in [1.29, 1.82) is 0 Å². The number of carbonyl (C=O) groups is 1. The number of piperidine rings is 2. The molecule has 96 valence electrons. The number of aliphatic hydroxyl groups is 1. The second-order valence-corrected chi connectivity index (χ2v) is 5.40. The number of fused-ring (bicyclic) bond motifs is 1. The highest BCUT2D eigenvalue weighted by Crippen LogP contribution is 2.38. The molecule has 18 heavy (non-hydrogen) atoms. The number of aliphatic hydroxyl groups excluding tert-OH is 1. The Kier molecular flexibility index (Phi) is 3.08. The average Bonchev–Trinajstić information content (AvgIpc) is 2.39. The highest BCUT2D eigenvalue weighted by Gasteiger charge is 2.40. The molecule has 1 unspecified atom stereocenters. The van der Waals surface area contributed by atoms with Crippen molar-refractivity contribution in [2.24, 2.45) is 0 Å². The number of carbonyl (C=O) groups excluding carboxylic acids is 1. The Bertz CT molecular complexity index is 431. The maximum absolute atomic E-state index is 12.2. The number of nitrogens with zero attached hydrogens (tertiary/aromatic N) is 1. The van der Waals surface area contributed by atoms with Gasteiger partial charge in [-0.05, 0) is 31.2 Å². The first kappa shape index (κ1) is 11.7. The Hall–Kier alpha value is -1.35. The van der Waals surface area contributed by atoms with Gasteiger partial charge in [0, 0.05) is 12.5 Å². The van der Waals surface area contributed by atoms with Gasteiger partial charge >= 0.3 is 0 Å². The Morgan fingerprint density at radius 2 is 1.94 bits per heavy atom. The van der Waals surface area contributed by atoms with E-state index in [1.807, 2.05) is 23.1 Å². The molecular formula is C15H19NO2. The Balaban J connectivity index is 1.93. The van der Waals surface area contributed by atoms with Crippen LogP contribution in [0.25, 0.3) is 0 Å². The molecule has 1 aromatic carbocycles. The first-order chi connectivity index (χ1) is 8.75. The van der Waals surface area contributed by atoms with E-state index in [0.29, 0.717) is 12.8 Å². The molecule has 0 radical (unpaired) electrons. The summed E-state index contributed by atoms with van der Waals surface area (Å²) in [5.74, 6) is 0.256. The van der Waals surface area contributed by atoms with Gasteiger partial charge in [0.05, 0.1) is 12.1 Å². The molecule has 3 atom stereocenters. The minimum Gasteiger partial charge on any atom is -0.393 e. The van der Waals surface area contributed by atoms with Crippen molar-refractivity contribution in [2.45, 2.75) is 50.3 Å². The maximum Gasteiger partial charge on any atom is 0.223 e. The molecule has 0 aromatic heterocycles. The molecule has 2 fully saturated rings. The third-order valence-electron chi connectivity index (χ3n) is 4.17. The maximum atomic E-state index is 12.2. The van der Waals surface area contributed by atoms with E-state index in [-0.39, 0.29) is 24.1 Å². The number of benzene rings is 1. The van der Waals surface area contributed by atoms with Crippen LogP contribution in [0.4, 0.5) is 0 Å². The van der Waals surface area contributed by atoms with Crippen molar-refractivity contribution in [1.82, 2.24) is 4.90 Å². The lowest BCUT2D eigenvalue weighted by molar-refractivity contribution is -0.145. The van der Waals surface area contributed by atoms with Crippen LogP contribution in [-0.2, 0) is 4.79 Å². The summed E-state index contributed by atoms with van der Waals surface area (Å²) >= 11 is 0. The Labute approximate surface area is 107 Å². The van der Waals surface area contributed by atoms with Gasteiger partial charge in [-0.15, -0.1) is 0 Å². The first-order valence-corrected chi connectivity index (χ1v) is 6.80. The summed E-state index contributed by atoms with van der Waals surface area (Å²) in [7, 11) is 0. The van der Waals surface area contributed by atoms with Gasteiger partial charge in [-0.2, -0.15) is 0 Å². The summed E-state index contributed by atoms with van der Waals surface area (Å²) in [6.45, 7) is 0. The smallest absolute Gasteiger partial charge is 0.223 e. The molecule has 3 nitrogen and oxygen atoms in total. The zero-order chi connectivity index (χ0) is 12.5. The lowest BCUT2D eigenvalue weighted by atomic mass is 9.84. The second kappa shape index (κ2) is 4.73. The van der Waals surface area contributed by atoms with E-state index < -0.39 is 0 Å². The molecule has 2 heterocycles. The third-order valence-corrected chi connectivity index (χ3v) is 4.17. The lowest BCUT2D eigenvalue weighted by Crippen LogP contribution is -2.51. The molecule has 3 heteroatoms. The largest absolute Gasteiger partial charge is 0.393 e. The van der Waals surface area contributed by atoms with Crippen LogP contribution in [0.5, 0.6) is 0 Å². The third kappa shape index (κ3) is 2.03. The van der Waals surface area contributed by atoms with Crippen LogP contribution < -0.4 is 0 Å². The van der Waals surface area contributed by atoms with Crippen LogP contribution in [0.15, 0.2) is 30.3 Å². The van der Waals surface area contributed by atoms with Crippen LogP contribution in [0.2, 0.25) is 0 Å². The zero-order valence-electron chi connectivity index (χ0n) is 10.5. The summed E-state index contributed by atoms with van der Waals surface area (Å²) in [5, 5.41) is 10.0. The SMILES string of the molecule is O=C1CCC[C@H]2CC(O)C[C@@H](c3ccccc3)N12. The van der Waals surface area contributed by atoms with E-state index in [1.54, 1.807) is 0 Å². The molecule has 0 aliphatic carbocycles. The van der Waals surface area contributed by atoms with Gasteiger partial charge in [0.15, 0.2) is 0 Å². The molecular weight excluding hydrogens is 226 g/mol. The standard InChI is InChI=1S/C15H19NO2/c17-13-9-12-7-4-8-15(18)16(12)14(10-13)11-5-2-1-3-6-11/h1-3,5-6,12-14,17H,4,7-10H2/t12-,13?,14-/m0/s1. The summed E-state index contributed by atoms with van der Waals surface area (Å²) in [6.07, 6.45) is 3.81. The molecule has 2 aliphatic heterocycles. The van der Waals surface area contributed by atoms with Crippen molar-refractivity contribution < 1.29 is 9.90 Å². The van der Waals surface area contributed by atoms with Gasteiger partial charge in [-0.1, -0.05) is 30.3 Å². The van der Waals surface area contributed by atoms with Gasteiger partial charge < -0.3 is 10.0 Å². The Morgan fingerprint density at radius 1 is 1.17 bits per heavy atom. The van der Waals surface area contributed by atoms with Crippen LogP contribution in [0, 0.1) is 0 Å². The minimum atomic E-state index is -0.276. The highest BCUT2D eigenvalue weighted by atomic mass is 16.3. The van der Waals surface area contributed by atoms with E-state index in [0.717, 1.165) is 24.8 Å². The summed E-state index contributed by atoms with van der Waals surface area (Å²) in [5.41, 5.74) is 1.15. The molecule has 0 bridgehead atoms. The van der Waals surface area contributed by atoms with Gasteiger partial charge in [0.1, 0.15) is 0 Å². The molecule has 0 saturated carbocycles. The monoisotopic (exact) mass is 245 g/mol. The topological polar surface area (TPSA) is 40.5 Å². The van der Waals surface area contributed by atoms with Gasteiger partial charge in [0.2, 0.25) is 5.91 Å². The van der Waals surface area contributed by atoms with Gasteiger partial charge in [0.25, 0.3) is 0 Å². The van der Waals surface area contributed by atoms with Gasteiger partial charge in [-0.25, -0.2) is 0 Å². The molecule has 1 amide bonds. The minimum absolute atomic E-state index is 0.0627. The fourth-order valence-corrected chi connectivity index (χ4v) is 3.37. The van der Waals surface area contributed by atoms with Gasteiger partial charge in [-0.3, -0.25) is 4.79 Å². The fraction of sp³-hybridized carbons (Fsp3) is 0.533. The normalized spacial score (nSPS) is 32.2. The zero-order valence-corrected chi connectivity index (χ0v) is 10.5. The van der Waals surface area contributed by atoms with Crippen molar-refractivity contribution in [3.63, 3.8) is 0 Å². The molecule has 2 aliphatic rings. The number of rotatable bonds is 1. The fourth-order valence-electron chi connectivity index (χ4n) is 3.37. The van der Waals surface area contributed by atoms with E-state index >= 15 is 0 Å². The predicted molar refractivity (Wildman–Crippen MR) is 68.9 cm³/mol. The van der Waals surface area contributed by atoms with Crippen LogP contribution >= 0.6 is 0 Å². The summed E-state index contributed by atoms with van der Waals surface area (Å²) in [6, 6.07) is 10.4. The van der Waals surface area contributed by atoms with E-state index in [1.165, 1.54) is 0 Å². The molecule has 1 N–H and O–H groups in total. The van der Waals surface area contributed by atoms with E-state index in [2.05, 4.69) is 12.1 Å². The summed E-state index contributed by atoms with van der Waals surface area (Å²) < 4.78 is 0. The predicted octanol–water partition coefficient (Wildman–Crippen LogP) is 2.26. The van der Waals surface area contributed by atoms with Crippen LogP contribution in [-0.4, -0.2) is 28.1 Å². The second-order valence-electron chi connectivity index (χ2n) is 5.40. The molecule has 3 rings (SSSR count). The number of hydrogen-bond acceptors (Lipinski definition) is 2. The van der Waals surface area contributed by atoms with Crippen molar-refractivity contribution in [2.75, 3.05) is 0 Å².